The smallest absolute Gasteiger partial charge is 0.327 e. The lowest BCUT2D eigenvalue weighted by atomic mass is 10.2. The molecule has 1 unspecified atom stereocenters. The molecule has 2 N–H and O–H groups in total. The molecule has 0 fully saturated rings. The Morgan fingerprint density at radius 2 is 2.35 bits per heavy atom. The number of thioether (sulfide) groups is 1. The Hall–Kier alpha value is -1.69. The van der Waals surface area contributed by atoms with Crippen molar-refractivity contribution in [2.24, 2.45) is 0 Å². The molecule has 0 saturated heterocycles. The molecule has 0 aromatic heterocycles. The Kier molecular flexibility index (Phi) is 7.57. The Balaban J connectivity index is 2.13. The van der Waals surface area contributed by atoms with Crippen molar-refractivity contribution in [3.05, 3.63) is 29.8 Å². The van der Waals surface area contributed by atoms with Crippen molar-refractivity contribution in [2.45, 2.75) is 19.4 Å². The topological polar surface area (TPSA) is 75.6 Å². The number of aliphatic carboxylic acids is 1. The van der Waals surface area contributed by atoms with Gasteiger partial charge in [-0.2, -0.15) is 11.8 Å². The van der Waals surface area contributed by atoms with Crippen LogP contribution in [0.25, 0.3) is 0 Å². The molecule has 0 aliphatic heterocycles. The average Bonchev–Trinajstić information content (AvgIpc) is 2.41. The maximum absolute atomic E-state index is 10.8. The van der Waals surface area contributed by atoms with Crippen LogP contribution in [0.15, 0.2) is 24.3 Å². The lowest BCUT2D eigenvalue weighted by molar-refractivity contribution is -0.139. The molecule has 1 atom stereocenters. The van der Waals surface area contributed by atoms with E-state index in [1.54, 1.807) is 0 Å². The van der Waals surface area contributed by atoms with Gasteiger partial charge in [-0.3, -0.25) is 4.79 Å². The minimum absolute atomic E-state index is 0.360. The minimum atomic E-state index is -1.01. The molecular weight excluding hydrogens is 278 g/mol. The van der Waals surface area contributed by atoms with Crippen LogP contribution in [0.4, 0.5) is 0 Å². The van der Waals surface area contributed by atoms with E-state index in [9.17, 15) is 9.59 Å². The quantitative estimate of drug-likeness (QED) is 0.508. The van der Waals surface area contributed by atoms with Crippen LogP contribution in [0, 0.1) is 6.92 Å². The number of ether oxygens (including phenoxy) is 1. The third-order valence-corrected chi connectivity index (χ3v) is 3.69. The van der Waals surface area contributed by atoms with Crippen LogP contribution in [-0.4, -0.2) is 41.6 Å². The summed E-state index contributed by atoms with van der Waals surface area (Å²) in [5.74, 6) is 0.982. The Morgan fingerprint density at radius 3 is 3.00 bits per heavy atom. The van der Waals surface area contributed by atoms with Crippen molar-refractivity contribution in [3.8, 4) is 5.75 Å². The Bertz CT molecular complexity index is 439. The molecule has 0 spiro atoms. The summed E-state index contributed by atoms with van der Waals surface area (Å²) in [6.45, 7) is 2.60. The standard InChI is InChI=1S/C14H19NO4S/c1-11-4-2-5-12(8-11)19-6-3-7-20-9-13(14(17)18)15-10-16/h2,4-5,8,10,13H,3,6-7,9H2,1H3,(H,15,16)(H,17,18). The van der Waals surface area contributed by atoms with E-state index in [1.165, 1.54) is 11.8 Å². The summed E-state index contributed by atoms with van der Waals surface area (Å²) in [4.78, 5) is 21.0. The van der Waals surface area contributed by atoms with Crippen LogP contribution in [0.2, 0.25) is 0 Å². The van der Waals surface area contributed by atoms with Crippen LogP contribution >= 0.6 is 11.8 Å². The molecule has 0 saturated carbocycles. The number of benzene rings is 1. The van der Waals surface area contributed by atoms with Gasteiger partial charge in [0.2, 0.25) is 6.41 Å². The summed E-state index contributed by atoms with van der Waals surface area (Å²) in [6.07, 6.45) is 1.24. The zero-order valence-electron chi connectivity index (χ0n) is 11.4. The van der Waals surface area contributed by atoms with E-state index >= 15 is 0 Å². The van der Waals surface area contributed by atoms with Gasteiger partial charge < -0.3 is 15.2 Å². The molecule has 1 rings (SSSR count). The molecule has 1 aromatic rings. The largest absolute Gasteiger partial charge is 0.494 e. The molecule has 0 heterocycles. The summed E-state index contributed by atoms with van der Waals surface area (Å²) in [5, 5.41) is 11.1. The maximum Gasteiger partial charge on any atom is 0.327 e. The number of nitrogens with one attached hydrogen (secondary N) is 1. The lowest BCUT2D eigenvalue weighted by Gasteiger charge is -2.10. The van der Waals surface area contributed by atoms with E-state index in [2.05, 4.69) is 5.32 Å². The average molecular weight is 297 g/mol. The first kappa shape index (κ1) is 16.4. The number of carbonyl (C=O) groups excluding carboxylic acids is 1. The third-order valence-electron chi connectivity index (χ3n) is 2.54. The van der Waals surface area contributed by atoms with Gasteiger partial charge in [0.1, 0.15) is 11.8 Å². The predicted molar refractivity (Wildman–Crippen MR) is 79.2 cm³/mol. The number of carboxylic acid groups (broad SMARTS) is 1. The molecule has 5 nitrogen and oxygen atoms in total. The summed E-state index contributed by atoms with van der Waals surface area (Å²) in [6, 6.07) is 7.02. The number of carbonyl (C=O) groups is 2. The van der Waals surface area contributed by atoms with Gasteiger partial charge >= 0.3 is 5.97 Å². The molecule has 0 bridgehead atoms. The van der Waals surface area contributed by atoms with Crippen LogP contribution in [0.5, 0.6) is 5.75 Å². The second-order valence-corrected chi connectivity index (χ2v) is 5.42. The van der Waals surface area contributed by atoms with Crippen LogP contribution in [0.1, 0.15) is 12.0 Å². The van der Waals surface area contributed by atoms with Crippen molar-refractivity contribution in [1.82, 2.24) is 5.32 Å². The summed E-state index contributed by atoms with van der Waals surface area (Å²) >= 11 is 1.49. The van der Waals surface area contributed by atoms with Gasteiger partial charge in [0, 0.05) is 5.75 Å². The molecule has 0 radical (unpaired) electrons. The number of carboxylic acids is 1. The van der Waals surface area contributed by atoms with Crippen molar-refractivity contribution >= 4 is 24.1 Å². The van der Waals surface area contributed by atoms with Crippen molar-refractivity contribution < 1.29 is 19.4 Å². The fourth-order valence-electron chi connectivity index (χ4n) is 1.53. The first-order valence-corrected chi connectivity index (χ1v) is 7.48. The molecule has 110 valence electrons. The van der Waals surface area contributed by atoms with E-state index in [0.29, 0.717) is 18.8 Å². The fourth-order valence-corrected chi connectivity index (χ4v) is 2.49. The Morgan fingerprint density at radius 1 is 1.55 bits per heavy atom. The highest BCUT2D eigenvalue weighted by Crippen LogP contribution is 2.13. The number of hydrogen-bond donors (Lipinski definition) is 2. The Labute approximate surface area is 122 Å². The number of amides is 1. The highest BCUT2D eigenvalue weighted by Gasteiger charge is 2.15. The molecule has 20 heavy (non-hydrogen) atoms. The van der Waals surface area contributed by atoms with Gasteiger partial charge in [-0.25, -0.2) is 4.79 Å². The summed E-state index contributed by atoms with van der Waals surface area (Å²) in [5.41, 5.74) is 1.15. The number of aryl methyl sites for hydroxylation is 1. The van der Waals surface area contributed by atoms with E-state index in [0.717, 1.165) is 23.5 Å². The summed E-state index contributed by atoms with van der Waals surface area (Å²) in [7, 11) is 0. The van der Waals surface area contributed by atoms with Gasteiger partial charge in [-0.1, -0.05) is 12.1 Å². The van der Waals surface area contributed by atoms with Gasteiger partial charge in [0.25, 0.3) is 0 Å². The number of hydrogen-bond acceptors (Lipinski definition) is 4. The monoisotopic (exact) mass is 297 g/mol. The molecule has 1 aromatic carbocycles. The van der Waals surface area contributed by atoms with Crippen molar-refractivity contribution in [3.63, 3.8) is 0 Å². The predicted octanol–water partition coefficient (Wildman–Crippen LogP) is 1.70. The zero-order chi connectivity index (χ0) is 14.8. The van der Waals surface area contributed by atoms with Crippen molar-refractivity contribution in [2.75, 3.05) is 18.1 Å². The SMILES string of the molecule is Cc1cccc(OCCCSCC(NC=O)C(=O)O)c1. The van der Waals surface area contributed by atoms with Gasteiger partial charge in [-0.05, 0) is 36.8 Å². The first-order chi connectivity index (χ1) is 9.63. The molecular formula is C14H19NO4S. The first-order valence-electron chi connectivity index (χ1n) is 6.33. The van der Waals surface area contributed by atoms with Gasteiger partial charge in [-0.15, -0.1) is 0 Å². The van der Waals surface area contributed by atoms with Gasteiger partial charge in [0.15, 0.2) is 0 Å². The molecule has 1 amide bonds. The highest BCUT2D eigenvalue weighted by molar-refractivity contribution is 7.99. The number of rotatable bonds is 10. The highest BCUT2D eigenvalue weighted by atomic mass is 32.2. The van der Waals surface area contributed by atoms with E-state index in [-0.39, 0.29) is 0 Å². The molecule has 0 aliphatic carbocycles. The van der Waals surface area contributed by atoms with E-state index in [1.807, 2.05) is 31.2 Å². The fraction of sp³-hybridized carbons (Fsp3) is 0.429. The molecule has 6 heteroatoms. The van der Waals surface area contributed by atoms with Crippen molar-refractivity contribution in [1.29, 1.82) is 0 Å². The maximum atomic E-state index is 10.8. The zero-order valence-corrected chi connectivity index (χ0v) is 12.2. The minimum Gasteiger partial charge on any atom is -0.494 e. The van der Waals surface area contributed by atoms with E-state index < -0.39 is 12.0 Å². The van der Waals surface area contributed by atoms with Crippen LogP contribution in [-0.2, 0) is 9.59 Å². The second-order valence-electron chi connectivity index (χ2n) is 4.27. The third kappa shape index (κ3) is 6.47. The summed E-state index contributed by atoms with van der Waals surface area (Å²) < 4.78 is 5.59. The lowest BCUT2D eigenvalue weighted by Crippen LogP contribution is -2.37. The molecule has 0 aliphatic rings. The normalized spacial score (nSPS) is 11.7. The van der Waals surface area contributed by atoms with Crippen LogP contribution in [0.3, 0.4) is 0 Å². The van der Waals surface area contributed by atoms with E-state index in [4.69, 9.17) is 9.84 Å². The van der Waals surface area contributed by atoms with Gasteiger partial charge in [0.05, 0.1) is 6.61 Å². The second kappa shape index (κ2) is 9.25. The van der Waals surface area contributed by atoms with Crippen LogP contribution < -0.4 is 10.1 Å².